The lowest BCUT2D eigenvalue weighted by Crippen LogP contribution is -2.16. The summed E-state index contributed by atoms with van der Waals surface area (Å²) in [7, 11) is 0. The summed E-state index contributed by atoms with van der Waals surface area (Å²) in [5.41, 5.74) is 6.47. The van der Waals surface area contributed by atoms with Crippen LogP contribution >= 0.6 is 11.3 Å². The average molecular weight is 256 g/mol. The van der Waals surface area contributed by atoms with Crippen LogP contribution in [0, 0.1) is 0 Å². The van der Waals surface area contributed by atoms with Crippen LogP contribution in [-0.4, -0.2) is 29.3 Å². The van der Waals surface area contributed by atoms with Crippen LogP contribution in [0.3, 0.4) is 0 Å². The van der Waals surface area contributed by atoms with Crippen LogP contribution in [0.15, 0.2) is 5.38 Å². The first-order valence-electron chi connectivity index (χ1n) is 5.67. The van der Waals surface area contributed by atoms with Gasteiger partial charge >= 0.3 is 5.97 Å². The fourth-order valence-electron chi connectivity index (χ4n) is 1.90. The van der Waals surface area contributed by atoms with Crippen molar-refractivity contribution >= 4 is 17.3 Å². The number of ether oxygens (including phenoxy) is 1. The van der Waals surface area contributed by atoms with Gasteiger partial charge < -0.3 is 15.6 Å². The highest BCUT2D eigenvalue weighted by Gasteiger charge is 2.21. The Bertz CT molecular complexity index is 388. The summed E-state index contributed by atoms with van der Waals surface area (Å²) in [6.07, 6.45) is 1.90. The number of hydrogen-bond acceptors (Lipinski definition) is 5. The molecular weight excluding hydrogens is 240 g/mol. The van der Waals surface area contributed by atoms with Gasteiger partial charge in [-0.15, -0.1) is 11.3 Å². The van der Waals surface area contributed by atoms with Gasteiger partial charge in [-0.1, -0.05) is 0 Å². The number of nitrogens with two attached hydrogens (primary N) is 1. The van der Waals surface area contributed by atoms with Crippen LogP contribution in [0.5, 0.6) is 0 Å². The maximum atomic E-state index is 10.6. The highest BCUT2D eigenvalue weighted by atomic mass is 32.1. The zero-order valence-electron chi connectivity index (χ0n) is 9.46. The number of carbonyl (C=O) groups is 1. The number of thiazole rings is 1. The maximum Gasteiger partial charge on any atom is 0.305 e. The van der Waals surface area contributed by atoms with Gasteiger partial charge in [0.15, 0.2) is 0 Å². The largest absolute Gasteiger partial charge is 0.481 e. The van der Waals surface area contributed by atoms with Crippen LogP contribution in [0.1, 0.15) is 41.9 Å². The summed E-state index contributed by atoms with van der Waals surface area (Å²) in [6.45, 7) is 1.56. The molecule has 1 aromatic heterocycles. The molecule has 2 heterocycles. The lowest BCUT2D eigenvalue weighted by atomic mass is 10.0. The van der Waals surface area contributed by atoms with Crippen LogP contribution in [-0.2, 0) is 9.53 Å². The standard InChI is InChI=1S/C11H16N2O3S/c12-8(5-10(14)15)9-6-17-11(13-9)7-1-3-16-4-2-7/h6-8H,1-5,12H2,(H,14,15). The minimum absolute atomic E-state index is 0.0725. The second-order valence-corrected chi connectivity index (χ2v) is 5.09. The first kappa shape index (κ1) is 12.5. The van der Waals surface area contributed by atoms with E-state index in [0.29, 0.717) is 11.6 Å². The van der Waals surface area contributed by atoms with Crippen molar-refractivity contribution in [2.45, 2.75) is 31.2 Å². The molecule has 1 aliphatic heterocycles. The van der Waals surface area contributed by atoms with Crippen molar-refractivity contribution in [3.05, 3.63) is 16.1 Å². The Balaban J connectivity index is 2.01. The minimum Gasteiger partial charge on any atom is -0.481 e. The van der Waals surface area contributed by atoms with Crippen LogP contribution < -0.4 is 5.73 Å². The Kier molecular flexibility index (Phi) is 4.09. The van der Waals surface area contributed by atoms with Crippen molar-refractivity contribution in [1.82, 2.24) is 4.98 Å². The fraction of sp³-hybridized carbons (Fsp3) is 0.636. The number of aromatic nitrogens is 1. The molecule has 0 saturated carbocycles. The van der Waals surface area contributed by atoms with Gasteiger partial charge in [0.2, 0.25) is 0 Å². The molecule has 0 aliphatic carbocycles. The predicted molar refractivity (Wildman–Crippen MR) is 64.1 cm³/mol. The summed E-state index contributed by atoms with van der Waals surface area (Å²) in [4.78, 5) is 15.0. The van der Waals surface area contributed by atoms with E-state index in [4.69, 9.17) is 15.6 Å². The number of nitrogens with zero attached hydrogens (tertiary/aromatic N) is 1. The smallest absolute Gasteiger partial charge is 0.305 e. The molecule has 1 atom stereocenters. The summed E-state index contributed by atoms with van der Waals surface area (Å²) in [5, 5.41) is 11.6. The minimum atomic E-state index is -0.891. The Labute approximate surface area is 104 Å². The van der Waals surface area contributed by atoms with Crippen LogP contribution in [0.4, 0.5) is 0 Å². The van der Waals surface area contributed by atoms with E-state index in [-0.39, 0.29) is 6.42 Å². The molecule has 0 bridgehead atoms. The molecule has 0 aromatic carbocycles. The summed E-state index contributed by atoms with van der Waals surface area (Å²) >= 11 is 1.57. The van der Waals surface area contributed by atoms with Gasteiger partial charge in [0.1, 0.15) is 0 Å². The second-order valence-electron chi connectivity index (χ2n) is 4.20. The van der Waals surface area contributed by atoms with Gasteiger partial charge in [0, 0.05) is 24.5 Å². The molecule has 0 amide bonds. The zero-order valence-corrected chi connectivity index (χ0v) is 10.3. The summed E-state index contributed by atoms with van der Waals surface area (Å²) in [6, 6.07) is -0.502. The molecule has 94 valence electrons. The van der Waals surface area contributed by atoms with Gasteiger partial charge in [-0.25, -0.2) is 4.98 Å². The molecule has 17 heavy (non-hydrogen) atoms. The van der Waals surface area contributed by atoms with E-state index in [2.05, 4.69) is 4.98 Å². The number of hydrogen-bond donors (Lipinski definition) is 2. The van der Waals surface area contributed by atoms with E-state index in [1.54, 1.807) is 11.3 Å². The third-order valence-corrected chi connectivity index (χ3v) is 3.91. The normalized spacial score (nSPS) is 19.1. The lowest BCUT2D eigenvalue weighted by Gasteiger charge is -2.19. The first-order valence-corrected chi connectivity index (χ1v) is 6.55. The van der Waals surface area contributed by atoms with Crippen molar-refractivity contribution in [2.24, 2.45) is 5.73 Å². The van der Waals surface area contributed by atoms with E-state index in [0.717, 1.165) is 31.1 Å². The molecule has 1 unspecified atom stereocenters. The molecule has 1 fully saturated rings. The summed E-state index contributed by atoms with van der Waals surface area (Å²) in [5.74, 6) is -0.447. The van der Waals surface area contributed by atoms with Gasteiger partial charge in [-0.2, -0.15) is 0 Å². The molecule has 0 radical (unpaired) electrons. The molecule has 3 N–H and O–H groups in total. The number of rotatable bonds is 4. The van der Waals surface area contributed by atoms with Gasteiger partial charge in [-0.05, 0) is 12.8 Å². The molecule has 6 heteroatoms. The van der Waals surface area contributed by atoms with Gasteiger partial charge in [0.25, 0.3) is 0 Å². The number of carboxylic acid groups (broad SMARTS) is 1. The Morgan fingerprint density at radius 1 is 1.65 bits per heavy atom. The number of aliphatic carboxylic acids is 1. The van der Waals surface area contributed by atoms with Gasteiger partial charge in [-0.3, -0.25) is 4.79 Å². The topological polar surface area (TPSA) is 85.4 Å². The molecule has 2 rings (SSSR count). The highest BCUT2D eigenvalue weighted by molar-refractivity contribution is 7.09. The lowest BCUT2D eigenvalue weighted by molar-refractivity contribution is -0.137. The summed E-state index contributed by atoms with van der Waals surface area (Å²) < 4.78 is 5.30. The van der Waals surface area contributed by atoms with E-state index >= 15 is 0 Å². The third kappa shape index (κ3) is 3.24. The average Bonchev–Trinajstić information content (AvgIpc) is 2.78. The van der Waals surface area contributed by atoms with E-state index < -0.39 is 12.0 Å². The monoisotopic (exact) mass is 256 g/mol. The molecule has 5 nitrogen and oxygen atoms in total. The SMILES string of the molecule is NC(CC(=O)O)c1csc(C2CCOCC2)n1. The van der Waals surface area contributed by atoms with Crippen molar-refractivity contribution in [3.63, 3.8) is 0 Å². The van der Waals surface area contributed by atoms with Crippen molar-refractivity contribution in [1.29, 1.82) is 0 Å². The van der Waals surface area contributed by atoms with Crippen LogP contribution in [0.25, 0.3) is 0 Å². The second kappa shape index (κ2) is 5.57. The molecule has 1 saturated heterocycles. The van der Waals surface area contributed by atoms with Crippen molar-refractivity contribution in [3.8, 4) is 0 Å². The highest BCUT2D eigenvalue weighted by Crippen LogP contribution is 2.30. The predicted octanol–water partition coefficient (Wildman–Crippen LogP) is 1.51. The number of carboxylic acids is 1. The van der Waals surface area contributed by atoms with E-state index in [1.165, 1.54) is 0 Å². The molecule has 0 spiro atoms. The maximum absolute atomic E-state index is 10.6. The molecule has 1 aliphatic rings. The van der Waals surface area contributed by atoms with E-state index in [1.807, 2.05) is 5.38 Å². The Morgan fingerprint density at radius 3 is 3.00 bits per heavy atom. The Morgan fingerprint density at radius 2 is 2.35 bits per heavy atom. The van der Waals surface area contributed by atoms with Crippen molar-refractivity contribution < 1.29 is 14.6 Å². The molecule has 1 aromatic rings. The first-order chi connectivity index (χ1) is 8.16. The third-order valence-electron chi connectivity index (χ3n) is 2.88. The fourth-order valence-corrected chi connectivity index (χ4v) is 2.95. The Hall–Kier alpha value is -0.980. The van der Waals surface area contributed by atoms with Crippen molar-refractivity contribution in [2.75, 3.05) is 13.2 Å². The quantitative estimate of drug-likeness (QED) is 0.853. The van der Waals surface area contributed by atoms with E-state index in [9.17, 15) is 4.79 Å². The molecular formula is C11H16N2O3S. The zero-order chi connectivity index (χ0) is 12.3. The van der Waals surface area contributed by atoms with Gasteiger partial charge in [0.05, 0.1) is 23.2 Å². The van der Waals surface area contributed by atoms with Crippen LogP contribution in [0.2, 0.25) is 0 Å².